The zero-order valence-electron chi connectivity index (χ0n) is 12.2. The van der Waals surface area contributed by atoms with Gasteiger partial charge in [0.15, 0.2) is 9.84 Å². The molecular weight excluding hydrogens is 369 g/mol. The molecule has 0 aliphatic heterocycles. The summed E-state index contributed by atoms with van der Waals surface area (Å²) in [7, 11) is -3.87. The van der Waals surface area contributed by atoms with Crippen LogP contribution in [0.4, 0.5) is 0 Å². The molecule has 1 aliphatic rings. The average Bonchev–Trinajstić information content (AvgIpc) is 3.26. The van der Waals surface area contributed by atoms with Crippen LogP contribution in [0.5, 0.6) is 0 Å². The fraction of sp³-hybridized carbons (Fsp3) is 0.176. The van der Waals surface area contributed by atoms with Crippen LogP contribution in [0, 0.1) is 16.7 Å². The highest BCUT2D eigenvalue weighted by atomic mass is 35.5. The summed E-state index contributed by atoms with van der Waals surface area (Å²) >= 11 is 11.6. The Kier molecular flexibility index (Phi) is 4.16. The van der Waals surface area contributed by atoms with Gasteiger partial charge >= 0.3 is 0 Å². The Morgan fingerprint density at radius 3 is 1.96 bits per heavy atom. The number of rotatable bonds is 4. The summed E-state index contributed by atoms with van der Waals surface area (Å²) < 4.78 is 25.8. The van der Waals surface area contributed by atoms with E-state index in [1.807, 2.05) is 6.07 Å². The molecule has 1 aliphatic carbocycles. The van der Waals surface area contributed by atoms with Gasteiger partial charge in [0.05, 0.1) is 11.0 Å². The molecule has 0 amide bonds. The number of hydrogen-bond donors (Lipinski definition) is 0. The second-order valence-corrected chi connectivity index (χ2v) is 8.55. The predicted octanol–water partition coefficient (Wildman–Crippen LogP) is 3.64. The van der Waals surface area contributed by atoms with Crippen molar-refractivity contribution in [2.24, 2.45) is 5.41 Å². The number of nitriles is 1. The lowest BCUT2D eigenvalue weighted by atomic mass is 10.0. The molecule has 122 valence electrons. The van der Waals surface area contributed by atoms with Crippen LogP contribution in [0.2, 0.25) is 10.0 Å². The molecule has 4 nitrogen and oxygen atoms in total. The van der Waals surface area contributed by atoms with Gasteiger partial charge in [-0.1, -0.05) is 35.3 Å². The first-order valence-corrected chi connectivity index (χ1v) is 9.29. The number of carbonyl (C=O) groups is 1. The number of nitrogens with zero attached hydrogens (tertiary/aromatic N) is 1. The van der Waals surface area contributed by atoms with E-state index in [0.717, 1.165) is 0 Å². The van der Waals surface area contributed by atoms with Crippen LogP contribution >= 0.6 is 23.2 Å². The quantitative estimate of drug-likeness (QED) is 0.759. The molecule has 0 heterocycles. The number of sulfone groups is 1. The average molecular weight is 380 g/mol. The minimum atomic E-state index is -3.87. The zero-order chi connectivity index (χ0) is 17.5. The summed E-state index contributed by atoms with van der Waals surface area (Å²) in [6, 6.07) is 14.1. The van der Waals surface area contributed by atoms with Gasteiger partial charge in [-0.2, -0.15) is 5.26 Å². The van der Waals surface area contributed by atoms with Crippen LogP contribution in [0.25, 0.3) is 0 Å². The Balaban J connectivity index is 2.08. The standard InChI is InChI=1S/C17H11Cl2NO3S/c18-12-3-1-11(2-4-12)15-16(17(15,9-20)10-21)24(22,23)14-7-5-13(19)6-8-14/h1-8,10,15-16H/t15-,16+,17-/m1/s1. The summed E-state index contributed by atoms with van der Waals surface area (Å²) in [6.07, 6.45) is 0.435. The van der Waals surface area contributed by atoms with Gasteiger partial charge in [-0.05, 0) is 42.0 Å². The van der Waals surface area contributed by atoms with Gasteiger partial charge in [0.1, 0.15) is 17.0 Å². The van der Waals surface area contributed by atoms with E-state index in [1.54, 1.807) is 24.3 Å². The number of aldehydes is 1. The number of carbonyl (C=O) groups excluding carboxylic acids is 1. The van der Waals surface area contributed by atoms with E-state index in [1.165, 1.54) is 24.3 Å². The van der Waals surface area contributed by atoms with Crippen LogP contribution in [0.1, 0.15) is 11.5 Å². The van der Waals surface area contributed by atoms with Crippen molar-refractivity contribution in [3.63, 3.8) is 0 Å². The Morgan fingerprint density at radius 1 is 1.00 bits per heavy atom. The molecule has 1 saturated carbocycles. The maximum absolute atomic E-state index is 12.9. The van der Waals surface area contributed by atoms with E-state index in [4.69, 9.17) is 23.2 Å². The molecule has 2 aromatic rings. The van der Waals surface area contributed by atoms with Crippen LogP contribution in [-0.4, -0.2) is 20.0 Å². The SMILES string of the molecule is N#C[C@@]1(C=O)[C@H](c2ccc(Cl)cc2)[C@@H]1S(=O)(=O)c1ccc(Cl)cc1. The van der Waals surface area contributed by atoms with E-state index in [9.17, 15) is 18.5 Å². The lowest BCUT2D eigenvalue weighted by molar-refractivity contribution is -0.110. The minimum Gasteiger partial charge on any atom is -0.302 e. The van der Waals surface area contributed by atoms with Gasteiger partial charge in [-0.25, -0.2) is 8.42 Å². The van der Waals surface area contributed by atoms with Crippen molar-refractivity contribution in [3.05, 3.63) is 64.1 Å². The van der Waals surface area contributed by atoms with E-state index < -0.39 is 26.4 Å². The largest absolute Gasteiger partial charge is 0.302 e. The number of halogens is 2. The molecule has 3 rings (SSSR count). The zero-order valence-corrected chi connectivity index (χ0v) is 14.5. The van der Waals surface area contributed by atoms with E-state index in [2.05, 4.69) is 0 Å². The second-order valence-electron chi connectivity index (χ2n) is 5.61. The molecule has 0 radical (unpaired) electrons. The predicted molar refractivity (Wildman–Crippen MR) is 90.7 cm³/mol. The van der Waals surface area contributed by atoms with Gasteiger partial charge < -0.3 is 4.79 Å². The molecule has 0 spiro atoms. The fourth-order valence-electron chi connectivity index (χ4n) is 3.00. The summed E-state index contributed by atoms with van der Waals surface area (Å²) in [6.45, 7) is 0. The first-order valence-electron chi connectivity index (χ1n) is 6.99. The minimum absolute atomic E-state index is 0.0369. The van der Waals surface area contributed by atoms with Crippen LogP contribution in [0.3, 0.4) is 0 Å². The molecule has 0 unspecified atom stereocenters. The van der Waals surface area contributed by atoms with Gasteiger partial charge in [-0.15, -0.1) is 0 Å². The molecule has 7 heteroatoms. The highest BCUT2D eigenvalue weighted by molar-refractivity contribution is 7.92. The molecule has 3 atom stereocenters. The first-order chi connectivity index (χ1) is 11.4. The number of hydrogen-bond acceptors (Lipinski definition) is 4. The van der Waals surface area contributed by atoms with Crippen LogP contribution in [0.15, 0.2) is 53.4 Å². The molecule has 0 N–H and O–H groups in total. The van der Waals surface area contributed by atoms with Gasteiger partial charge in [0.25, 0.3) is 0 Å². The Hall–Kier alpha value is -1.87. The molecule has 1 fully saturated rings. The smallest absolute Gasteiger partial charge is 0.183 e. The van der Waals surface area contributed by atoms with Crippen molar-refractivity contribution in [1.82, 2.24) is 0 Å². The normalized spacial score (nSPS) is 25.7. The van der Waals surface area contributed by atoms with Gasteiger partial charge in [-0.3, -0.25) is 0 Å². The van der Waals surface area contributed by atoms with Crippen LogP contribution < -0.4 is 0 Å². The molecule has 0 bridgehead atoms. The van der Waals surface area contributed by atoms with Gasteiger partial charge in [0, 0.05) is 16.0 Å². The topological polar surface area (TPSA) is 75.0 Å². The monoisotopic (exact) mass is 379 g/mol. The summed E-state index contributed by atoms with van der Waals surface area (Å²) in [4.78, 5) is 11.6. The Labute approximate surface area is 149 Å². The third-order valence-electron chi connectivity index (χ3n) is 4.27. The van der Waals surface area contributed by atoms with Gasteiger partial charge in [0.2, 0.25) is 0 Å². The van der Waals surface area contributed by atoms with Crippen molar-refractivity contribution in [3.8, 4) is 6.07 Å². The summed E-state index contributed by atoms with van der Waals surface area (Å²) in [5.41, 5.74) is -0.998. The molecule has 0 aromatic heterocycles. The third kappa shape index (κ3) is 2.51. The van der Waals surface area contributed by atoms with Crippen molar-refractivity contribution in [2.75, 3.05) is 0 Å². The Morgan fingerprint density at radius 2 is 1.50 bits per heavy atom. The molecular formula is C17H11Cl2NO3S. The summed E-state index contributed by atoms with van der Waals surface area (Å²) in [5.74, 6) is -0.724. The second kappa shape index (κ2) is 5.89. The molecule has 0 saturated heterocycles. The van der Waals surface area contributed by atoms with Crippen molar-refractivity contribution < 1.29 is 13.2 Å². The van der Waals surface area contributed by atoms with E-state index >= 15 is 0 Å². The van der Waals surface area contributed by atoms with Crippen molar-refractivity contribution in [1.29, 1.82) is 5.26 Å². The van der Waals surface area contributed by atoms with Crippen LogP contribution in [-0.2, 0) is 14.6 Å². The first kappa shape index (κ1) is 17.0. The molecule has 24 heavy (non-hydrogen) atoms. The maximum atomic E-state index is 12.9. The lowest BCUT2D eigenvalue weighted by Crippen LogP contribution is -2.16. The Bertz CT molecular complexity index is 933. The highest BCUT2D eigenvalue weighted by Gasteiger charge is 2.72. The van der Waals surface area contributed by atoms with Crippen molar-refractivity contribution >= 4 is 39.3 Å². The fourth-order valence-corrected chi connectivity index (χ4v) is 5.49. The van der Waals surface area contributed by atoms with Crippen molar-refractivity contribution in [2.45, 2.75) is 16.1 Å². The van der Waals surface area contributed by atoms with E-state index in [0.29, 0.717) is 21.9 Å². The number of benzene rings is 2. The highest BCUT2D eigenvalue weighted by Crippen LogP contribution is 2.62. The lowest BCUT2D eigenvalue weighted by Gasteiger charge is -2.04. The maximum Gasteiger partial charge on any atom is 0.183 e. The summed E-state index contributed by atoms with van der Waals surface area (Å²) in [5, 5.41) is 9.24. The van der Waals surface area contributed by atoms with E-state index in [-0.39, 0.29) is 4.90 Å². The molecule has 2 aromatic carbocycles. The third-order valence-corrected chi connectivity index (χ3v) is 7.04.